The van der Waals surface area contributed by atoms with Crippen LogP contribution in [0.4, 0.5) is 34.1 Å². The first-order chi connectivity index (χ1) is 12.5. The summed E-state index contributed by atoms with van der Waals surface area (Å²) in [6, 6.07) is 19.5. The van der Waals surface area contributed by atoms with Crippen molar-refractivity contribution in [3.63, 3.8) is 0 Å². The summed E-state index contributed by atoms with van der Waals surface area (Å²) in [5.74, 6) is 0. The summed E-state index contributed by atoms with van der Waals surface area (Å²) >= 11 is 0. The van der Waals surface area contributed by atoms with E-state index in [1.54, 1.807) is 23.1 Å². The van der Waals surface area contributed by atoms with Crippen LogP contribution in [0.15, 0.2) is 72.8 Å². The fourth-order valence-corrected chi connectivity index (χ4v) is 2.59. The third-order valence-electron chi connectivity index (χ3n) is 3.80. The number of non-ortho nitro benzene ring substituents is 2. The lowest BCUT2D eigenvalue weighted by atomic mass is 10.1. The van der Waals surface area contributed by atoms with Crippen LogP contribution in [0.2, 0.25) is 0 Å². The van der Waals surface area contributed by atoms with E-state index in [4.69, 9.17) is 5.73 Å². The van der Waals surface area contributed by atoms with Gasteiger partial charge in [0.05, 0.1) is 21.2 Å². The van der Waals surface area contributed by atoms with Gasteiger partial charge in [-0.15, -0.1) is 0 Å². The first-order valence-corrected chi connectivity index (χ1v) is 7.61. The van der Waals surface area contributed by atoms with Crippen LogP contribution >= 0.6 is 0 Å². The SMILES string of the molecule is Nc1cc([N+](=O)[O-])ccc1N(c1ccccc1)c1ccc([N+](=O)[O-])cc1. The number of nitro benzene ring substituents is 2. The quantitative estimate of drug-likeness (QED) is 0.410. The summed E-state index contributed by atoms with van der Waals surface area (Å²) in [6.07, 6.45) is 0. The molecule has 0 bridgehead atoms. The van der Waals surface area contributed by atoms with Crippen molar-refractivity contribution in [2.24, 2.45) is 0 Å². The molecule has 0 aromatic heterocycles. The molecule has 3 aromatic carbocycles. The van der Waals surface area contributed by atoms with Crippen LogP contribution in [-0.4, -0.2) is 9.85 Å². The van der Waals surface area contributed by atoms with Gasteiger partial charge in [0.25, 0.3) is 11.4 Å². The van der Waals surface area contributed by atoms with Crippen LogP contribution < -0.4 is 10.6 Å². The summed E-state index contributed by atoms with van der Waals surface area (Å²) < 4.78 is 0. The Kier molecular flexibility index (Phi) is 4.48. The van der Waals surface area contributed by atoms with Crippen molar-refractivity contribution in [2.75, 3.05) is 10.6 Å². The first-order valence-electron chi connectivity index (χ1n) is 7.61. The molecule has 130 valence electrons. The molecule has 0 spiro atoms. The molecule has 0 aliphatic carbocycles. The lowest BCUT2D eigenvalue weighted by Crippen LogP contribution is -2.12. The highest BCUT2D eigenvalue weighted by molar-refractivity contribution is 5.84. The fourth-order valence-electron chi connectivity index (χ4n) is 2.59. The number of nitrogens with two attached hydrogens (primary N) is 1. The maximum atomic E-state index is 10.9. The Morgan fingerprint density at radius 2 is 1.27 bits per heavy atom. The molecule has 8 nitrogen and oxygen atoms in total. The summed E-state index contributed by atoms with van der Waals surface area (Å²) in [7, 11) is 0. The van der Waals surface area contributed by atoms with E-state index in [0.717, 1.165) is 5.69 Å². The largest absolute Gasteiger partial charge is 0.397 e. The molecule has 0 fully saturated rings. The minimum absolute atomic E-state index is 0.0292. The third kappa shape index (κ3) is 3.29. The Morgan fingerprint density at radius 1 is 0.731 bits per heavy atom. The second kappa shape index (κ2) is 6.89. The first kappa shape index (κ1) is 16.9. The average Bonchev–Trinajstić information content (AvgIpc) is 2.64. The molecule has 2 N–H and O–H groups in total. The molecule has 0 heterocycles. The molecule has 26 heavy (non-hydrogen) atoms. The summed E-state index contributed by atoms with van der Waals surface area (Å²) in [5.41, 5.74) is 8.09. The Balaban J connectivity index is 2.13. The Bertz CT molecular complexity index is 959. The Labute approximate surface area is 148 Å². The van der Waals surface area contributed by atoms with E-state index in [9.17, 15) is 20.2 Å². The molecule has 0 atom stereocenters. The van der Waals surface area contributed by atoms with Gasteiger partial charge in [-0.3, -0.25) is 20.2 Å². The second-order valence-electron chi connectivity index (χ2n) is 5.44. The van der Waals surface area contributed by atoms with Gasteiger partial charge < -0.3 is 10.6 Å². The molecule has 0 aliphatic heterocycles. The number of anilines is 4. The van der Waals surface area contributed by atoms with Crippen molar-refractivity contribution in [2.45, 2.75) is 0 Å². The van der Waals surface area contributed by atoms with E-state index >= 15 is 0 Å². The minimum Gasteiger partial charge on any atom is -0.397 e. The number of para-hydroxylation sites is 1. The van der Waals surface area contributed by atoms with Crippen LogP contribution in [0, 0.1) is 20.2 Å². The molecule has 0 unspecified atom stereocenters. The van der Waals surface area contributed by atoms with Gasteiger partial charge >= 0.3 is 0 Å². The minimum atomic E-state index is -0.515. The van der Waals surface area contributed by atoms with E-state index in [1.165, 1.54) is 24.3 Å². The zero-order valence-corrected chi connectivity index (χ0v) is 13.5. The van der Waals surface area contributed by atoms with Crippen LogP contribution in [0.25, 0.3) is 0 Å². The second-order valence-corrected chi connectivity index (χ2v) is 5.44. The molecule has 8 heteroatoms. The average molecular weight is 350 g/mol. The van der Waals surface area contributed by atoms with Crippen molar-refractivity contribution in [3.8, 4) is 0 Å². The van der Waals surface area contributed by atoms with Gasteiger partial charge in [-0.25, -0.2) is 0 Å². The number of rotatable bonds is 5. The highest BCUT2D eigenvalue weighted by Crippen LogP contribution is 2.39. The Morgan fingerprint density at radius 3 is 1.81 bits per heavy atom. The number of nitrogens with zero attached hydrogens (tertiary/aromatic N) is 3. The van der Waals surface area contributed by atoms with E-state index in [-0.39, 0.29) is 17.1 Å². The molecular weight excluding hydrogens is 336 g/mol. The maximum absolute atomic E-state index is 10.9. The highest BCUT2D eigenvalue weighted by Gasteiger charge is 2.18. The lowest BCUT2D eigenvalue weighted by molar-refractivity contribution is -0.385. The van der Waals surface area contributed by atoms with E-state index in [2.05, 4.69) is 0 Å². The molecule has 0 radical (unpaired) electrons. The molecule has 0 aliphatic rings. The van der Waals surface area contributed by atoms with Gasteiger partial charge in [0.15, 0.2) is 0 Å². The summed E-state index contributed by atoms with van der Waals surface area (Å²) in [4.78, 5) is 22.6. The smallest absolute Gasteiger partial charge is 0.271 e. The van der Waals surface area contributed by atoms with Gasteiger partial charge in [0.1, 0.15) is 0 Å². The van der Waals surface area contributed by atoms with Crippen LogP contribution in [0.3, 0.4) is 0 Å². The van der Waals surface area contributed by atoms with Gasteiger partial charge in [-0.1, -0.05) is 18.2 Å². The highest BCUT2D eigenvalue weighted by atomic mass is 16.6. The monoisotopic (exact) mass is 350 g/mol. The Hall–Kier alpha value is -3.94. The van der Waals surface area contributed by atoms with Crippen LogP contribution in [0.5, 0.6) is 0 Å². The predicted octanol–water partition coefficient (Wildman–Crippen LogP) is 4.56. The molecule has 0 amide bonds. The predicted molar refractivity (Wildman–Crippen MR) is 98.8 cm³/mol. The molecule has 0 saturated heterocycles. The van der Waals surface area contributed by atoms with Gasteiger partial charge in [-0.05, 0) is 30.3 Å². The number of nitrogen functional groups attached to an aromatic ring is 1. The molecular formula is C18H14N4O4. The topological polar surface area (TPSA) is 116 Å². The standard InChI is InChI=1S/C18H14N4O4/c19-17-12-16(22(25)26)10-11-18(17)20(13-4-2-1-3-5-13)14-6-8-15(9-7-14)21(23)24/h1-12H,19H2. The van der Waals surface area contributed by atoms with Crippen LogP contribution in [0.1, 0.15) is 0 Å². The third-order valence-corrected chi connectivity index (χ3v) is 3.80. The van der Waals surface area contributed by atoms with Crippen molar-refractivity contribution < 1.29 is 9.85 Å². The summed E-state index contributed by atoms with van der Waals surface area (Å²) in [5, 5.41) is 21.8. The fraction of sp³-hybridized carbons (Fsp3) is 0. The van der Waals surface area contributed by atoms with Crippen molar-refractivity contribution >= 4 is 34.1 Å². The van der Waals surface area contributed by atoms with Crippen molar-refractivity contribution in [1.82, 2.24) is 0 Å². The van der Waals surface area contributed by atoms with Gasteiger partial charge in [0, 0.05) is 35.6 Å². The number of hydrogen-bond acceptors (Lipinski definition) is 6. The normalized spacial score (nSPS) is 10.3. The number of nitro groups is 2. The lowest BCUT2D eigenvalue weighted by Gasteiger charge is -2.26. The van der Waals surface area contributed by atoms with Gasteiger partial charge in [0.2, 0.25) is 0 Å². The van der Waals surface area contributed by atoms with Crippen LogP contribution in [-0.2, 0) is 0 Å². The van der Waals surface area contributed by atoms with E-state index < -0.39 is 9.85 Å². The summed E-state index contributed by atoms with van der Waals surface area (Å²) in [6.45, 7) is 0. The zero-order chi connectivity index (χ0) is 18.7. The van der Waals surface area contributed by atoms with Crippen molar-refractivity contribution in [1.29, 1.82) is 0 Å². The molecule has 0 saturated carbocycles. The maximum Gasteiger partial charge on any atom is 0.271 e. The number of hydrogen-bond donors (Lipinski definition) is 1. The van der Waals surface area contributed by atoms with Crippen molar-refractivity contribution in [3.05, 3.63) is 93.0 Å². The molecule has 3 aromatic rings. The van der Waals surface area contributed by atoms with E-state index in [1.807, 2.05) is 30.3 Å². The van der Waals surface area contributed by atoms with E-state index in [0.29, 0.717) is 11.4 Å². The number of benzene rings is 3. The zero-order valence-electron chi connectivity index (χ0n) is 13.5. The molecule has 3 rings (SSSR count). The van der Waals surface area contributed by atoms with Gasteiger partial charge in [-0.2, -0.15) is 0 Å².